The fourth-order valence-corrected chi connectivity index (χ4v) is 5.55. The van der Waals surface area contributed by atoms with Crippen LogP contribution in [0.2, 0.25) is 5.02 Å². The standard InChI is InChI=1S/C38H45ClN4O3/c1-4-7-22-43-35-25-34(44-23-9-21-42(5-2)6-3)26-36(46-28-30-10-8-20-40-27-30)37(35)41-38(43)31-13-17-33(18-14-31)45-24-19-29-11-15-32(39)16-12-29/h8,10-18,20,25-27H,4-7,9,19,21-24,28H2,1-3H3. The van der Waals surface area contributed by atoms with Gasteiger partial charge in [-0.05, 0) is 74.0 Å². The Balaban J connectivity index is 1.40. The lowest BCUT2D eigenvalue weighted by Gasteiger charge is -2.18. The molecule has 0 atom stereocenters. The lowest BCUT2D eigenvalue weighted by Crippen LogP contribution is -2.25. The first-order valence-electron chi connectivity index (χ1n) is 16.5. The van der Waals surface area contributed by atoms with E-state index in [9.17, 15) is 0 Å². The molecule has 0 unspecified atom stereocenters. The molecule has 0 saturated heterocycles. The predicted molar refractivity (Wildman–Crippen MR) is 187 cm³/mol. The molecule has 0 aliphatic carbocycles. The lowest BCUT2D eigenvalue weighted by molar-refractivity contribution is 0.248. The van der Waals surface area contributed by atoms with Crippen molar-refractivity contribution in [3.63, 3.8) is 0 Å². The molecule has 0 aliphatic heterocycles. The van der Waals surface area contributed by atoms with Gasteiger partial charge in [-0.3, -0.25) is 4.98 Å². The number of ether oxygens (including phenoxy) is 3. The molecule has 8 heteroatoms. The molecule has 242 valence electrons. The van der Waals surface area contributed by atoms with Crippen molar-refractivity contribution in [2.24, 2.45) is 0 Å². The van der Waals surface area contributed by atoms with Crippen LogP contribution < -0.4 is 14.2 Å². The SMILES string of the molecule is CCCCn1c(-c2ccc(OCCc3ccc(Cl)cc3)cc2)nc2c(OCc3cccnc3)cc(OCCCN(CC)CC)cc21. The molecule has 5 rings (SSSR count). The van der Waals surface area contributed by atoms with Crippen LogP contribution in [0.5, 0.6) is 17.2 Å². The zero-order valence-corrected chi connectivity index (χ0v) is 28.0. The first-order valence-corrected chi connectivity index (χ1v) is 16.8. The van der Waals surface area contributed by atoms with E-state index in [-0.39, 0.29) is 0 Å². The Bertz CT molecular complexity index is 1640. The Hall–Kier alpha value is -4.07. The second kappa shape index (κ2) is 17.0. The van der Waals surface area contributed by atoms with Crippen molar-refractivity contribution in [3.8, 4) is 28.6 Å². The highest BCUT2D eigenvalue weighted by molar-refractivity contribution is 6.30. The summed E-state index contributed by atoms with van der Waals surface area (Å²) in [4.78, 5) is 11.8. The largest absolute Gasteiger partial charge is 0.493 e. The fourth-order valence-electron chi connectivity index (χ4n) is 5.42. The summed E-state index contributed by atoms with van der Waals surface area (Å²) >= 11 is 6.02. The Morgan fingerprint density at radius 3 is 2.30 bits per heavy atom. The Morgan fingerprint density at radius 1 is 0.804 bits per heavy atom. The lowest BCUT2D eigenvalue weighted by atomic mass is 10.1. The van der Waals surface area contributed by atoms with E-state index in [1.807, 2.05) is 60.8 Å². The van der Waals surface area contributed by atoms with E-state index in [0.717, 1.165) is 96.4 Å². The Kier molecular flexibility index (Phi) is 12.3. The van der Waals surface area contributed by atoms with Crippen molar-refractivity contribution in [1.29, 1.82) is 0 Å². The average Bonchev–Trinajstić information content (AvgIpc) is 3.46. The van der Waals surface area contributed by atoms with Gasteiger partial charge in [-0.15, -0.1) is 0 Å². The number of pyridine rings is 1. The van der Waals surface area contributed by atoms with E-state index in [1.54, 1.807) is 6.20 Å². The molecule has 2 aromatic heterocycles. The number of nitrogens with zero attached hydrogens (tertiary/aromatic N) is 4. The molecular formula is C38H45ClN4O3. The van der Waals surface area contributed by atoms with Crippen LogP contribution in [-0.4, -0.2) is 52.3 Å². The fraction of sp³-hybridized carbons (Fsp3) is 0.368. The number of aryl methyl sites for hydroxylation is 1. The molecule has 0 fully saturated rings. The zero-order valence-electron chi connectivity index (χ0n) is 27.3. The minimum atomic E-state index is 0.396. The third-order valence-electron chi connectivity index (χ3n) is 8.11. The molecule has 0 amide bonds. The summed E-state index contributed by atoms with van der Waals surface area (Å²) in [5.41, 5.74) is 5.05. The molecule has 0 saturated carbocycles. The molecular weight excluding hydrogens is 596 g/mol. The first kappa shape index (κ1) is 33.3. The van der Waals surface area contributed by atoms with Gasteiger partial charge in [-0.1, -0.05) is 57.0 Å². The monoisotopic (exact) mass is 640 g/mol. The van der Waals surface area contributed by atoms with Crippen LogP contribution in [0.4, 0.5) is 0 Å². The van der Waals surface area contributed by atoms with Gasteiger partial charge in [0.1, 0.15) is 29.4 Å². The van der Waals surface area contributed by atoms with Crippen LogP contribution in [-0.2, 0) is 19.6 Å². The molecule has 0 N–H and O–H groups in total. The average molecular weight is 641 g/mol. The number of imidazole rings is 1. The van der Waals surface area contributed by atoms with Gasteiger partial charge >= 0.3 is 0 Å². The van der Waals surface area contributed by atoms with E-state index in [4.69, 9.17) is 30.8 Å². The first-order chi connectivity index (χ1) is 22.6. The van der Waals surface area contributed by atoms with Gasteiger partial charge in [0.05, 0.1) is 18.7 Å². The Morgan fingerprint density at radius 2 is 1.59 bits per heavy atom. The van der Waals surface area contributed by atoms with E-state index in [1.165, 1.54) is 5.56 Å². The predicted octanol–water partition coefficient (Wildman–Crippen LogP) is 8.86. The summed E-state index contributed by atoms with van der Waals surface area (Å²) in [5, 5.41) is 0.743. The number of benzene rings is 3. The second-order valence-corrected chi connectivity index (χ2v) is 11.8. The summed E-state index contributed by atoms with van der Waals surface area (Å²) in [6, 6.07) is 24.1. The third-order valence-corrected chi connectivity index (χ3v) is 8.36. The van der Waals surface area contributed by atoms with Crippen LogP contribution in [0, 0.1) is 0 Å². The van der Waals surface area contributed by atoms with Gasteiger partial charge in [-0.25, -0.2) is 4.98 Å². The van der Waals surface area contributed by atoms with Crippen molar-refractivity contribution >= 4 is 22.6 Å². The highest BCUT2D eigenvalue weighted by Gasteiger charge is 2.19. The van der Waals surface area contributed by atoms with Gasteiger partial charge in [0.25, 0.3) is 0 Å². The maximum atomic E-state index is 6.41. The minimum Gasteiger partial charge on any atom is -0.493 e. The molecule has 2 heterocycles. The minimum absolute atomic E-state index is 0.396. The molecule has 0 aliphatic rings. The molecule has 46 heavy (non-hydrogen) atoms. The highest BCUT2D eigenvalue weighted by atomic mass is 35.5. The molecule has 0 spiro atoms. The van der Waals surface area contributed by atoms with Crippen molar-refractivity contribution in [2.75, 3.05) is 32.8 Å². The molecule has 3 aromatic carbocycles. The van der Waals surface area contributed by atoms with Crippen LogP contribution in [0.1, 0.15) is 51.2 Å². The highest BCUT2D eigenvalue weighted by Crippen LogP contribution is 2.36. The zero-order chi connectivity index (χ0) is 32.1. The maximum Gasteiger partial charge on any atom is 0.151 e. The van der Waals surface area contributed by atoms with Gasteiger partial charge < -0.3 is 23.7 Å². The molecule has 7 nitrogen and oxygen atoms in total. The number of fused-ring (bicyclic) bond motifs is 1. The number of aromatic nitrogens is 3. The number of hydrogen-bond acceptors (Lipinski definition) is 6. The van der Waals surface area contributed by atoms with E-state index < -0.39 is 0 Å². The number of hydrogen-bond donors (Lipinski definition) is 0. The summed E-state index contributed by atoms with van der Waals surface area (Å²) in [6.07, 6.45) is 7.48. The third kappa shape index (κ3) is 9.02. The number of rotatable bonds is 18. The summed E-state index contributed by atoms with van der Waals surface area (Å²) in [5.74, 6) is 3.23. The molecule has 5 aromatic rings. The summed E-state index contributed by atoms with van der Waals surface area (Å²) in [7, 11) is 0. The van der Waals surface area contributed by atoms with Gasteiger partial charge in [-0.2, -0.15) is 0 Å². The van der Waals surface area contributed by atoms with Crippen LogP contribution in [0.3, 0.4) is 0 Å². The van der Waals surface area contributed by atoms with Crippen molar-refractivity contribution in [3.05, 3.63) is 101 Å². The van der Waals surface area contributed by atoms with Crippen molar-refractivity contribution in [1.82, 2.24) is 19.4 Å². The van der Waals surface area contributed by atoms with E-state index in [2.05, 4.69) is 53.4 Å². The van der Waals surface area contributed by atoms with Gasteiger partial charge in [0, 0.05) is 60.2 Å². The topological polar surface area (TPSA) is 61.6 Å². The molecule has 0 bridgehead atoms. The van der Waals surface area contributed by atoms with Crippen molar-refractivity contribution in [2.45, 2.75) is 59.6 Å². The van der Waals surface area contributed by atoms with Crippen LogP contribution >= 0.6 is 11.6 Å². The van der Waals surface area contributed by atoms with Crippen LogP contribution in [0.15, 0.2) is 85.2 Å². The van der Waals surface area contributed by atoms with Crippen LogP contribution in [0.25, 0.3) is 22.4 Å². The van der Waals surface area contributed by atoms with Gasteiger partial charge in [0.15, 0.2) is 5.75 Å². The Labute approximate surface area is 278 Å². The maximum absolute atomic E-state index is 6.41. The van der Waals surface area contributed by atoms with E-state index in [0.29, 0.717) is 25.6 Å². The summed E-state index contributed by atoms with van der Waals surface area (Å²) in [6.45, 7) is 12.2. The quantitative estimate of drug-likeness (QED) is 0.0892. The smallest absolute Gasteiger partial charge is 0.151 e. The number of halogens is 1. The van der Waals surface area contributed by atoms with E-state index >= 15 is 0 Å². The second-order valence-electron chi connectivity index (χ2n) is 11.4. The summed E-state index contributed by atoms with van der Waals surface area (Å²) < 4.78 is 21.1. The van der Waals surface area contributed by atoms with Crippen molar-refractivity contribution < 1.29 is 14.2 Å². The van der Waals surface area contributed by atoms with Gasteiger partial charge in [0.2, 0.25) is 0 Å². The molecule has 0 radical (unpaired) electrons. The normalized spacial score (nSPS) is 11.3. The number of unbranched alkanes of at least 4 members (excludes halogenated alkanes) is 1.